The van der Waals surface area contributed by atoms with Crippen molar-refractivity contribution in [2.45, 2.75) is 43.7 Å². The fourth-order valence-electron chi connectivity index (χ4n) is 4.86. The maximum absolute atomic E-state index is 13.3. The first-order valence-corrected chi connectivity index (χ1v) is 10.3. The zero-order valence-electron chi connectivity index (χ0n) is 16.3. The van der Waals surface area contributed by atoms with Crippen molar-refractivity contribution in [1.29, 1.82) is 0 Å². The number of nitrogens with zero attached hydrogens (tertiary/aromatic N) is 2. The minimum absolute atomic E-state index is 0.162. The van der Waals surface area contributed by atoms with E-state index < -0.39 is 0 Å². The summed E-state index contributed by atoms with van der Waals surface area (Å²) >= 11 is 0. The summed E-state index contributed by atoms with van der Waals surface area (Å²) in [5.41, 5.74) is 3.19. The fraction of sp³-hybridized carbons (Fsp3) is 0.375. The Balaban J connectivity index is 1.16. The number of H-pyrrole nitrogens is 1. The summed E-state index contributed by atoms with van der Waals surface area (Å²) in [6.07, 6.45) is 7.02. The number of hydrogen-bond donors (Lipinski definition) is 1. The van der Waals surface area contributed by atoms with Crippen LogP contribution in [0.3, 0.4) is 0 Å². The number of fused-ring (bicyclic) bond motifs is 1. The third-order valence-electron chi connectivity index (χ3n) is 6.45. The molecular formula is C24H24FN3O. The van der Waals surface area contributed by atoms with Gasteiger partial charge in [-0.1, -0.05) is 12.1 Å². The standard InChI is InChI=1S/C24H24FN3O/c1-26-18-7-10-24-22(12-18)23(13-27-24)16-5-8-19(9-6-16)28-14-21(15-28)29-20-4-2-3-17(25)11-20/h2-4,7,10-13,16,19,21,27H,5-6,8-9,14-15H2. The molecule has 0 radical (unpaired) electrons. The molecule has 2 heterocycles. The Morgan fingerprint density at radius 3 is 2.66 bits per heavy atom. The molecule has 1 aromatic heterocycles. The lowest BCUT2D eigenvalue weighted by Crippen LogP contribution is -2.58. The van der Waals surface area contributed by atoms with Gasteiger partial charge >= 0.3 is 0 Å². The van der Waals surface area contributed by atoms with Crippen molar-refractivity contribution in [3.8, 4) is 5.75 Å². The molecule has 2 aliphatic rings. The van der Waals surface area contributed by atoms with Crippen molar-refractivity contribution >= 4 is 16.6 Å². The van der Waals surface area contributed by atoms with Gasteiger partial charge in [-0.3, -0.25) is 4.90 Å². The largest absolute Gasteiger partial charge is 0.488 e. The fourth-order valence-corrected chi connectivity index (χ4v) is 4.86. The van der Waals surface area contributed by atoms with Crippen LogP contribution in [0.15, 0.2) is 48.7 Å². The van der Waals surface area contributed by atoms with E-state index in [9.17, 15) is 4.39 Å². The normalized spacial score (nSPS) is 22.9. The zero-order chi connectivity index (χ0) is 19.8. The van der Waals surface area contributed by atoms with Gasteiger partial charge in [0, 0.05) is 36.9 Å². The van der Waals surface area contributed by atoms with Crippen molar-refractivity contribution in [3.05, 3.63) is 71.5 Å². The summed E-state index contributed by atoms with van der Waals surface area (Å²) in [5, 5.41) is 1.20. The van der Waals surface area contributed by atoms with Gasteiger partial charge in [0.05, 0.1) is 6.57 Å². The van der Waals surface area contributed by atoms with Crippen LogP contribution in [0.4, 0.5) is 10.1 Å². The molecule has 5 rings (SSSR count). The Morgan fingerprint density at radius 1 is 1.07 bits per heavy atom. The van der Waals surface area contributed by atoms with Crippen LogP contribution < -0.4 is 4.74 Å². The summed E-state index contributed by atoms with van der Waals surface area (Å²) in [6.45, 7) is 9.11. The average molecular weight is 389 g/mol. The molecule has 4 nitrogen and oxygen atoms in total. The number of benzene rings is 2. The molecule has 0 unspecified atom stereocenters. The number of likely N-dealkylation sites (tertiary alicyclic amines) is 1. The predicted octanol–water partition coefficient (Wildman–Crippen LogP) is 5.65. The van der Waals surface area contributed by atoms with Crippen LogP contribution in [-0.4, -0.2) is 35.1 Å². The Labute approximate surface area is 170 Å². The van der Waals surface area contributed by atoms with E-state index in [2.05, 4.69) is 20.9 Å². The molecule has 1 aliphatic heterocycles. The first-order chi connectivity index (χ1) is 14.2. The van der Waals surface area contributed by atoms with Gasteiger partial charge in [-0.15, -0.1) is 0 Å². The monoisotopic (exact) mass is 389 g/mol. The molecule has 1 saturated heterocycles. The van der Waals surface area contributed by atoms with Crippen LogP contribution in [0, 0.1) is 12.4 Å². The van der Waals surface area contributed by atoms with Gasteiger partial charge in [-0.05, 0) is 66.8 Å². The molecule has 29 heavy (non-hydrogen) atoms. The molecule has 2 aromatic carbocycles. The van der Waals surface area contributed by atoms with E-state index in [1.54, 1.807) is 6.07 Å². The maximum atomic E-state index is 13.3. The van der Waals surface area contributed by atoms with Gasteiger partial charge < -0.3 is 9.72 Å². The smallest absolute Gasteiger partial charge is 0.187 e. The third kappa shape index (κ3) is 3.61. The van der Waals surface area contributed by atoms with Crippen LogP contribution in [0.2, 0.25) is 0 Å². The topological polar surface area (TPSA) is 32.6 Å². The molecule has 1 saturated carbocycles. The van der Waals surface area contributed by atoms with E-state index in [4.69, 9.17) is 11.3 Å². The third-order valence-corrected chi connectivity index (χ3v) is 6.45. The molecule has 2 fully saturated rings. The van der Waals surface area contributed by atoms with Gasteiger partial charge in [0.2, 0.25) is 0 Å². The van der Waals surface area contributed by atoms with Crippen LogP contribution in [0.5, 0.6) is 5.75 Å². The SMILES string of the molecule is [C-]#[N+]c1ccc2[nH]cc(C3CCC(N4CC(Oc5cccc(F)c5)C4)CC3)c2c1. The van der Waals surface area contributed by atoms with Crippen molar-refractivity contribution in [1.82, 2.24) is 9.88 Å². The first-order valence-electron chi connectivity index (χ1n) is 10.3. The summed E-state index contributed by atoms with van der Waals surface area (Å²) in [6, 6.07) is 12.9. The van der Waals surface area contributed by atoms with Crippen molar-refractivity contribution in [3.63, 3.8) is 0 Å². The molecule has 0 bridgehead atoms. The molecule has 5 heteroatoms. The number of aromatic amines is 1. The number of halogens is 1. The highest BCUT2D eigenvalue weighted by molar-refractivity contribution is 5.87. The Bertz CT molecular complexity index is 1060. The van der Waals surface area contributed by atoms with Gasteiger partial charge in [0.15, 0.2) is 5.69 Å². The number of rotatable bonds is 4. The average Bonchev–Trinajstić information content (AvgIpc) is 3.14. The van der Waals surface area contributed by atoms with Crippen molar-refractivity contribution in [2.75, 3.05) is 13.1 Å². The Kier molecular flexibility index (Phi) is 4.73. The van der Waals surface area contributed by atoms with Gasteiger partial charge in [0.25, 0.3) is 0 Å². The second kappa shape index (κ2) is 7.53. The lowest BCUT2D eigenvalue weighted by Gasteiger charge is -2.46. The molecular weight excluding hydrogens is 365 g/mol. The highest BCUT2D eigenvalue weighted by atomic mass is 19.1. The van der Waals surface area contributed by atoms with Crippen LogP contribution in [-0.2, 0) is 0 Å². The molecule has 0 atom stereocenters. The lowest BCUT2D eigenvalue weighted by molar-refractivity contribution is -0.0202. The molecule has 0 amide bonds. The number of aromatic nitrogens is 1. The molecule has 1 aliphatic carbocycles. The van der Waals surface area contributed by atoms with E-state index in [0.29, 0.717) is 23.4 Å². The van der Waals surface area contributed by atoms with Crippen molar-refractivity contribution in [2.24, 2.45) is 0 Å². The van der Waals surface area contributed by atoms with Gasteiger partial charge in [-0.2, -0.15) is 0 Å². The van der Waals surface area contributed by atoms with Crippen LogP contribution in [0.1, 0.15) is 37.2 Å². The second-order valence-corrected chi connectivity index (χ2v) is 8.24. The Hall–Kier alpha value is -2.84. The van der Waals surface area contributed by atoms with E-state index >= 15 is 0 Å². The van der Waals surface area contributed by atoms with E-state index in [-0.39, 0.29) is 11.9 Å². The highest BCUT2D eigenvalue weighted by Crippen LogP contribution is 2.39. The summed E-state index contributed by atoms with van der Waals surface area (Å²) < 4.78 is 19.2. The first kappa shape index (κ1) is 18.2. The minimum Gasteiger partial charge on any atom is -0.488 e. The quantitative estimate of drug-likeness (QED) is 0.585. The number of ether oxygens (including phenoxy) is 1. The molecule has 1 N–H and O–H groups in total. The summed E-state index contributed by atoms with van der Waals surface area (Å²) in [5.74, 6) is 0.927. The lowest BCUT2D eigenvalue weighted by atomic mass is 9.80. The summed E-state index contributed by atoms with van der Waals surface area (Å²) in [4.78, 5) is 9.45. The molecule has 3 aromatic rings. The van der Waals surface area contributed by atoms with E-state index in [1.807, 2.05) is 24.3 Å². The van der Waals surface area contributed by atoms with Gasteiger partial charge in [0.1, 0.15) is 17.7 Å². The van der Waals surface area contributed by atoms with Crippen LogP contribution >= 0.6 is 0 Å². The second-order valence-electron chi connectivity index (χ2n) is 8.24. The number of hydrogen-bond acceptors (Lipinski definition) is 2. The van der Waals surface area contributed by atoms with Gasteiger partial charge in [-0.25, -0.2) is 9.24 Å². The van der Waals surface area contributed by atoms with E-state index in [1.165, 1.54) is 48.8 Å². The van der Waals surface area contributed by atoms with E-state index in [0.717, 1.165) is 18.6 Å². The molecule has 148 valence electrons. The predicted molar refractivity (Wildman–Crippen MR) is 112 cm³/mol. The van der Waals surface area contributed by atoms with Crippen molar-refractivity contribution < 1.29 is 9.13 Å². The summed E-state index contributed by atoms with van der Waals surface area (Å²) in [7, 11) is 0. The van der Waals surface area contributed by atoms with Crippen LogP contribution in [0.25, 0.3) is 15.7 Å². The molecule has 0 spiro atoms. The minimum atomic E-state index is -0.252. The Morgan fingerprint density at radius 2 is 1.90 bits per heavy atom. The maximum Gasteiger partial charge on any atom is 0.187 e. The zero-order valence-corrected chi connectivity index (χ0v) is 16.3. The number of nitrogens with one attached hydrogen (secondary N) is 1. The highest BCUT2D eigenvalue weighted by Gasteiger charge is 2.36.